The monoisotopic (exact) mass is 355 g/mol. The Morgan fingerprint density at radius 1 is 1.30 bits per heavy atom. The number of benzene rings is 1. The zero-order valence-corrected chi connectivity index (χ0v) is 15.2. The number of rotatable bonds is 8. The fourth-order valence-corrected chi connectivity index (χ4v) is 3.54. The maximum Gasteiger partial charge on any atom is 0.321 e. The molecule has 2 aromatic rings. The fourth-order valence-electron chi connectivity index (χ4n) is 2.40. The summed E-state index contributed by atoms with van der Waals surface area (Å²) in [6, 6.07) is 5.30. The van der Waals surface area contributed by atoms with Crippen LogP contribution in [0.1, 0.15) is 26.7 Å². The average Bonchev–Trinajstić information content (AvgIpc) is 2.92. The van der Waals surface area contributed by atoms with Gasteiger partial charge in [0.05, 0.1) is 29.9 Å². The normalized spacial score (nSPS) is 11.1. The van der Waals surface area contributed by atoms with Crippen molar-refractivity contribution in [2.24, 2.45) is 0 Å². The molecule has 126 valence electrons. The number of thiazole rings is 1. The van der Waals surface area contributed by atoms with Crippen LogP contribution in [0.15, 0.2) is 18.2 Å². The van der Waals surface area contributed by atoms with Crippen molar-refractivity contribution in [2.45, 2.75) is 26.7 Å². The highest BCUT2D eigenvalue weighted by Gasteiger charge is 2.08. The van der Waals surface area contributed by atoms with Gasteiger partial charge in [-0.15, -0.1) is 0 Å². The van der Waals surface area contributed by atoms with Crippen molar-refractivity contribution in [2.75, 3.05) is 31.5 Å². The van der Waals surface area contributed by atoms with Crippen LogP contribution in [0.4, 0.5) is 9.93 Å². The van der Waals surface area contributed by atoms with Gasteiger partial charge in [-0.05, 0) is 44.9 Å². The van der Waals surface area contributed by atoms with Gasteiger partial charge in [0, 0.05) is 11.6 Å². The van der Waals surface area contributed by atoms with E-state index in [9.17, 15) is 4.79 Å². The van der Waals surface area contributed by atoms with Crippen LogP contribution >= 0.6 is 22.9 Å². The largest absolute Gasteiger partial charge is 0.338 e. The van der Waals surface area contributed by atoms with Gasteiger partial charge in [0.15, 0.2) is 5.13 Å². The number of amides is 2. The third-order valence-corrected chi connectivity index (χ3v) is 4.98. The average molecular weight is 356 g/mol. The molecule has 1 aromatic heterocycles. The van der Waals surface area contributed by atoms with Crippen molar-refractivity contribution in [3.8, 4) is 0 Å². The summed E-state index contributed by atoms with van der Waals surface area (Å²) in [5, 5.41) is 6.92. The van der Waals surface area contributed by atoms with Gasteiger partial charge in [0.25, 0.3) is 0 Å². The molecule has 0 radical (unpaired) electrons. The van der Waals surface area contributed by atoms with Crippen LogP contribution in [0.3, 0.4) is 0 Å². The molecule has 0 aliphatic heterocycles. The topological polar surface area (TPSA) is 58.5 Å². The molecule has 1 heterocycles. The summed E-state index contributed by atoms with van der Waals surface area (Å²) in [7, 11) is 0. The quantitative estimate of drug-likeness (QED) is 0.638. The summed E-state index contributed by atoms with van der Waals surface area (Å²) in [6.07, 6.45) is 2.11. The Bertz CT molecular complexity index is 642. The predicted octanol–water partition coefficient (Wildman–Crippen LogP) is 2.78. The highest BCUT2D eigenvalue weighted by atomic mass is 35.5. The minimum atomic E-state index is -0.203. The van der Waals surface area contributed by atoms with E-state index in [2.05, 4.69) is 29.5 Å². The van der Waals surface area contributed by atoms with Crippen LogP contribution in [0.2, 0.25) is 5.02 Å². The number of nitrogens with zero attached hydrogens (tertiary/aromatic N) is 1. The van der Waals surface area contributed by atoms with E-state index < -0.39 is 0 Å². The molecule has 23 heavy (non-hydrogen) atoms. The van der Waals surface area contributed by atoms with Crippen LogP contribution in [0, 0.1) is 0 Å². The Morgan fingerprint density at radius 2 is 2.09 bits per heavy atom. The lowest BCUT2D eigenvalue weighted by Gasteiger charge is -2.14. The van der Waals surface area contributed by atoms with Crippen LogP contribution in [-0.4, -0.2) is 37.2 Å². The van der Waals surface area contributed by atoms with Crippen molar-refractivity contribution >= 4 is 44.3 Å². The van der Waals surface area contributed by atoms with Gasteiger partial charge >= 0.3 is 6.03 Å². The second-order valence-electron chi connectivity index (χ2n) is 5.43. The lowest BCUT2D eigenvalue weighted by Crippen LogP contribution is -3.11. The molecule has 2 rings (SSSR count). The number of hydrogen-bond acceptors (Lipinski definition) is 3. The molecule has 0 atom stereocenters. The second-order valence-corrected chi connectivity index (χ2v) is 6.89. The van der Waals surface area contributed by atoms with Gasteiger partial charge in [-0.1, -0.05) is 22.9 Å². The first-order valence-electron chi connectivity index (χ1n) is 8.07. The second kappa shape index (κ2) is 9.05. The maximum absolute atomic E-state index is 11.9. The summed E-state index contributed by atoms with van der Waals surface area (Å²) in [5.41, 5.74) is 0.844. The van der Waals surface area contributed by atoms with E-state index in [1.165, 1.54) is 11.3 Å². The Labute approximate surface area is 146 Å². The molecule has 0 bridgehead atoms. The molecular weight excluding hydrogens is 332 g/mol. The zero-order valence-electron chi connectivity index (χ0n) is 13.6. The number of urea groups is 1. The standard InChI is InChI=1S/C16H23ClN4OS/c1-3-21(4-2)10-6-5-9-18-15(22)20-16-19-13-8-7-12(17)11-14(13)23-16/h7-8,11H,3-6,9-10H2,1-2H3,(H2,18,19,20,22)/p+1. The molecule has 0 spiro atoms. The van der Waals surface area contributed by atoms with Gasteiger partial charge in [0.2, 0.25) is 0 Å². The number of unbranched alkanes of at least 4 members (excludes halogenated alkanes) is 1. The van der Waals surface area contributed by atoms with Crippen molar-refractivity contribution in [3.63, 3.8) is 0 Å². The van der Waals surface area contributed by atoms with Crippen LogP contribution in [-0.2, 0) is 0 Å². The molecule has 0 unspecified atom stereocenters. The van der Waals surface area contributed by atoms with Crippen molar-refractivity contribution in [1.29, 1.82) is 0 Å². The number of hydrogen-bond donors (Lipinski definition) is 3. The maximum atomic E-state index is 11.9. The minimum Gasteiger partial charge on any atom is -0.338 e. The smallest absolute Gasteiger partial charge is 0.321 e. The van der Waals surface area contributed by atoms with E-state index in [1.54, 1.807) is 11.0 Å². The third kappa shape index (κ3) is 5.64. The first-order valence-corrected chi connectivity index (χ1v) is 9.26. The zero-order chi connectivity index (χ0) is 16.7. The Kier molecular flexibility index (Phi) is 7.08. The number of carbonyl (C=O) groups excluding carboxylic acids is 1. The predicted molar refractivity (Wildman–Crippen MR) is 97.8 cm³/mol. The number of halogens is 1. The van der Waals surface area contributed by atoms with Gasteiger partial charge in [-0.2, -0.15) is 0 Å². The lowest BCUT2D eigenvalue weighted by molar-refractivity contribution is -0.896. The summed E-state index contributed by atoms with van der Waals surface area (Å²) in [4.78, 5) is 17.8. The van der Waals surface area contributed by atoms with Crippen LogP contribution in [0.5, 0.6) is 0 Å². The molecular formula is C16H24ClN4OS+. The minimum absolute atomic E-state index is 0.203. The van der Waals surface area contributed by atoms with Gasteiger partial charge in [0.1, 0.15) is 0 Å². The molecule has 5 nitrogen and oxygen atoms in total. The van der Waals surface area contributed by atoms with E-state index in [0.717, 1.165) is 42.7 Å². The lowest BCUT2D eigenvalue weighted by atomic mass is 10.3. The van der Waals surface area contributed by atoms with E-state index in [0.29, 0.717) is 16.7 Å². The fraction of sp³-hybridized carbons (Fsp3) is 0.500. The number of carbonyl (C=O) groups is 1. The summed E-state index contributed by atoms with van der Waals surface area (Å²) in [5.74, 6) is 0. The molecule has 0 aliphatic carbocycles. The van der Waals surface area contributed by atoms with Crippen LogP contribution < -0.4 is 15.5 Å². The summed E-state index contributed by atoms with van der Waals surface area (Å²) < 4.78 is 0.968. The van der Waals surface area contributed by atoms with Gasteiger partial charge in [-0.3, -0.25) is 5.32 Å². The van der Waals surface area contributed by atoms with Crippen molar-refractivity contribution in [1.82, 2.24) is 10.3 Å². The number of aromatic nitrogens is 1. The van der Waals surface area contributed by atoms with Crippen molar-refractivity contribution in [3.05, 3.63) is 23.2 Å². The number of fused-ring (bicyclic) bond motifs is 1. The van der Waals surface area contributed by atoms with Gasteiger partial charge < -0.3 is 10.2 Å². The highest BCUT2D eigenvalue weighted by molar-refractivity contribution is 7.22. The van der Waals surface area contributed by atoms with E-state index in [-0.39, 0.29) is 6.03 Å². The van der Waals surface area contributed by atoms with E-state index in [1.807, 2.05) is 12.1 Å². The highest BCUT2D eigenvalue weighted by Crippen LogP contribution is 2.28. The molecule has 0 fully saturated rings. The van der Waals surface area contributed by atoms with E-state index in [4.69, 9.17) is 11.6 Å². The Morgan fingerprint density at radius 3 is 2.83 bits per heavy atom. The number of anilines is 1. The van der Waals surface area contributed by atoms with Gasteiger partial charge in [-0.25, -0.2) is 9.78 Å². The summed E-state index contributed by atoms with van der Waals surface area (Å²) in [6.45, 7) is 8.57. The Hall–Kier alpha value is -1.37. The third-order valence-electron chi connectivity index (χ3n) is 3.81. The molecule has 2 amide bonds. The number of nitrogens with one attached hydrogen (secondary N) is 3. The van der Waals surface area contributed by atoms with Crippen molar-refractivity contribution < 1.29 is 9.69 Å². The SMILES string of the molecule is CC[NH+](CC)CCCCNC(=O)Nc1nc2ccc(Cl)cc2s1. The number of quaternary nitrogens is 1. The molecule has 7 heteroatoms. The first kappa shape index (κ1) is 18.0. The molecule has 0 saturated heterocycles. The molecule has 0 saturated carbocycles. The van der Waals surface area contributed by atoms with Crippen LogP contribution in [0.25, 0.3) is 10.2 Å². The first-order chi connectivity index (χ1) is 11.1. The molecule has 0 aliphatic rings. The van der Waals surface area contributed by atoms with E-state index >= 15 is 0 Å². The summed E-state index contributed by atoms with van der Waals surface area (Å²) >= 11 is 7.37. The Balaban J connectivity index is 1.71. The molecule has 1 aromatic carbocycles. The molecule has 3 N–H and O–H groups in total.